The van der Waals surface area contributed by atoms with Gasteiger partial charge < -0.3 is 10.2 Å². The maximum atomic E-state index is 11.5. The predicted molar refractivity (Wildman–Crippen MR) is 67.9 cm³/mol. The number of amides is 1. The smallest absolute Gasteiger partial charge is 0.296 e. The molecule has 1 amide bonds. The van der Waals surface area contributed by atoms with Crippen molar-refractivity contribution in [1.29, 1.82) is 0 Å². The average molecular weight is 251 g/mol. The predicted octanol–water partition coefficient (Wildman–Crippen LogP) is 2.10. The molecular weight excluding hydrogens is 240 g/mol. The lowest BCUT2D eigenvalue weighted by Gasteiger charge is -2.19. The summed E-state index contributed by atoms with van der Waals surface area (Å²) in [6.07, 6.45) is 1.74. The number of nitrogens with one attached hydrogen (secondary N) is 1. The number of halogens is 1. The molecule has 1 aliphatic rings. The maximum absolute atomic E-state index is 11.5. The van der Waals surface area contributed by atoms with Crippen LogP contribution in [0, 0.1) is 0 Å². The third-order valence-corrected chi connectivity index (χ3v) is 2.90. The number of likely N-dealkylation sites (N-methyl/N-ethyl adjacent to an activating group) is 1. The van der Waals surface area contributed by atoms with Crippen LogP contribution in [0.25, 0.3) is 0 Å². The number of hydrogen-bond acceptors (Lipinski definition) is 3. The van der Waals surface area contributed by atoms with Gasteiger partial charge in [-0.3, -0.25) is 9.59 Å². The van der Waals surface area contributed by atoms with Gasteiger partial charge >= 0.3 is 0 Å². The van der Waals surface area contributed by atoms with E-state index in [1.165, 1.54) is 6.07 Å². The van der Waals surface area contributed by atoms with Gasteiger partial charge in [-0.25, -0.2) is 0 Å². The molecule has 2 rings (SSSR count). The summed E-state index contributed by atoms with van der Waals surface area (Å²) in [4.78, 5) is 24.6. The zero-order valence-electron chi connectivity index (χ0n) is 9.29. The van der Waals surface area contributed by atoms with Crippen molar-refractivity contribution in [2.75, 3.05) is 23.8 Å². The molecule has 1 N–H and O–H groups in total. The van der Waals surface area contributed by atoms with Gasteiger partial charge in [0.2, 0.25) is 0 Å². The van der Waals surface area contributed by atoms with Crippen LogP contribution in [0.1, 0.15) is 10.4 Å². The van der Waals surface area contributed by atoms with Crippen LogP contribution in [-0.2, 0) is 4.79 Å². The molecule has 1 aromatic rings. The van der Waals surface area contributed by atoms with Crippen LogP contribution in [0.2, 0.25) is 5.02 Å². The second-order valence-electron chi connectivity index (χ2n) is 3.80. The largest absolute Gasteiger partial charge is 0.370 e. The highest BCUT2D eigenvalue weighted by atomic mass is 35.5. The highest BCUT2D eigenvalue weighted by molar-refractivity contribution is 6.52. The molecule has 0 bridgehead atoms. The van der Waals surface area contributed by atoms with E-state index >= 15 is 0 Å². The van der Waals surface area contributed by atoms with Crippen molar-refractivity contribution in [1.82, 2.24) is 0 Å². The Labute approximate surface area is 104 Å². The van der Waals surface area contributed by atoms with Crippen molar-refractivity contribution in [2.24, 2.45) is 0 Å². The van der Waals surface area contributed by atoms with E-state index in [1.54, 1.807) is 12.1 Å². The number of anilines is 2. The fourth-order valence-corrected chi connectivity index (χ4v) is 2.05. The molecule has 0 saturated heterocycles. The molecular formula is C12H11ClN2O2. The van der Waals surface area contributed by atoms with E-state index in [9.17, 15) is 9.59 Å². The van der Waals surface area contributed by atoms with Crippen molar-refractivity contribution in [3.05, 3.63) is 35.4 Å². The molecule has 0 fully saturated rings. The molecule has 0 aliphatic carbocycles. The Kier molecular flexibility index (Phi) is 2.90. The second kappa shape index (κ2) is 4.22. The van der Waals surface area contributed by atoms with Crippen LogP contribution in [-0.4, -0.2) is 25.3 Å². The van der Waals surface area contributed by atoms with Gasteiger partial charge in [-0.1, -0.05) is 17.7 Å². The molecule has 0 saturated carbocycles. The van der Waals surface area contributed by atoms with Gasteiger partial charge in [-0.15, -0.1) is 6.58 Å². The monoisotopic (exact) mass is 250 g/mol. The van der Waals surface area contributed by atoms with Crippen LogP contribution < -0.4 is 10.2 Å². The van der Waals surface area contributed by atoms with Gasteiger partial charge in [0.1, 0.15) is 0 Å². The SMILES string of the molecule is C=CCN(C)c1cc2c(cc1Cl)C(=O)C(=O)N2. The number of Topliss-reactive ketones (excluding diaryl/α,β-unsaturated/α-hetero) is 1. The van der Waals surface area contributed by atoms with Gasteiger partial charge in [0.25, 0.3) is 11.7 Å². The van der Waals surface area contributed by atoms with Crippen LogP contribution >= 0.6 is 11.6 Å². The van der Waals surface area contributed by atoms with Crippen LogP contribution in [0.5, 0.6) is 0 Å². The Hall–Kier alpha value is -1.81. The number of carbonyl (C=O) groups is 2. The summed E-state index contributed by atoms with van der Waals surface area (Å²) in [5.74, 6) is -1.15. The second-order valence-corrected chi connectivity index (χ2v) is 4.21. The number of hydrogen-bond donors (Lipinski definition) is 1. The highest BCUT2D eigenvalue weighted by Crippen LogP contribution is 2.34. The number of rotatable bonds is 3. The molecule has 88 valence electrons. The first-order valence-electron chi connectivity index (χ1n) is 5.06. The summed E-state index contributed by atoms with van der Waals surface area (Å²) < 4.78 is 0. The van der Waals surface area contributed by atoms with E-state index < -0.39 is 11.7 Å². The molecule has 1 heterocycles. The molecule has 1 aromatic carbocycles. The number of carbonyl (C=O) groups excluding carboxylic acids is 2. The molecule has 4 nitrogen and oxygen atoms in total. The summed E-state index contributed by atoms with van der Waals surface area (Å²) in [5, 5.41) is 2.95. The molecule has 17 heavy (non-hydrogen) atoms. The first-order chi connectivity index (χ1) is 8.04. The summed E-state index contributed by atoms with van der Waals surface area (Å²) in [6, 6.07) is 3.22. The number of nitrogens with zero attached hydrogens (tertiary/aromatic N) is 1. The lowest BCUT2D eigenvalue weighted by atomic mass is 10.1. The van der Waals surface area contributed by atoms with Crippen molar-refractivity contribution in [3.8, 4) is 0 Å². The Balaban J connectivity index is 2.46. The zero-order valence-corrected chi connectivity index (χ0v) is 10.0. The Morgan fingerprint density at radius 3 is 2.82 bits per heavy atom. The molecule has 1 aliphatic heterocycles. The van der Waals surface area contributed by atoms with Gasteiger partial charge in [-0.2, -0.15) is 0 Å². The Morgan fingerprint density at radius 2 is 2.18 bits per heavy atom. The van der Waals surface area contributed by atoms with E-state index in [0.29, 0.717) is 22.8 Å². The van der Waals surface area contributed by atoms with Crippen LogP contribution in [0.15, 0.2) is 24.8 Å². The molecule has 0 radical (unpaired) electrons. The lowest BCUT2D eigenvalue weighted by molar-refractivity contribution is -0.112. The summed E-state index contributed by atoms with van der Waals surface area (Å²) in [6.45, 7) is 4.27. The summed E-state index contributed by atoms with van der Waals surface area (Å²) in [7, 11) is 1.86. The Morgan fingerprint density at radius 1 is 1.47 bits per heavy atom. The van der Waals surface area contributed by atoms with E-state index in [4.69, 9.17) is 11.6 Å². The summed E-state index contributed by atoms with van der Waals surface area (Å²) >= 11 is 6.08. The van der Waals surface area contributed by atoms with E-state index in [0.717, 1.165) is 5.69 Å². The van der Waals surface area contributed by atoms with Crippen molar-refractivity contribution < 1.29 is 9.59 Å². The minimum absolute atomic E-state index is 0.329. The minimum atomic E-state index is -0.611. The van der Waals surface area contributed by atoms with E-state index in [2.05, 4.69) is 11.9 Å². The van der Waals surface area contributed by atoms with Crippen molar-refractivity contribution in [3.63, 3.8) is 0 Å². The topological polar surface area (TPSA) is 49.4 Å². The molecule has 0 spiro atoms. The fraction of sp³-hybridized carbons (Fsp3) is 0.167. The Bertz CT molecular complexity index is 525. The number of ketones is 1. The van der Waals surface area contributed by atoms with Gasteiger partial charge in [0, 0.05) is 13.6 Å². The van der Waals surface area contributed by atoms with Gasteiger partial charge in [0.15, 0.2) is 0 Å². The average Bonchev–Trinajstić information content (AvgIpc) is 2.55. The first kappa shape index (κ1) is 11.7. The summed E-state index contributed by atoms with van der Waals surface area (Å²) in [5.41, 5.74) is 1.59. The standard InChI is InChI=1S/C12H11ClN2O2/c1-3-4-15(2)10-6-9-7(5-8(10)13)11(16)12(17)14-9/h3,5-6H,1,4H2,2H3,(H,14,16,17). The highest BCUT2D eigenvalue weighted by Gasteiger charge is 2.29. The van der Waals surface area contributed by atoms with Crippen molar-refractivity contribution >= 4 is 34.7 Å². The third kappa shape index (κ3) is 1.91. The van der Waals surface area contributed by atoms with Crippen molar-refractivity contribution in [2.45, 2.75) is 0 Å². The molecule has 5 heteroatoms. The lowest BCUT2D eigenvalue weighted by Crippen LogP contribution is -2.17. The first-order valence-corrected chi connectivity index (χ1v) is 5.43. The molecule has 0 atom stereocenters. The third-order valence-electron chi connectivity index (χ3n) is 2.60. The zero-order chi connectivity index (χ0) is 12.6. The normalized spacial score (nSPS) is 13.3. The minimum Gasteiger partial charge on any atom is -0.370 e. The quantitative estimate of drug-likeness (QED) is 0.660. The number of fused-ring (bicyclic) bond motifs is 1. The van der Waals surface area contributed by atoms with Crippen LogP contribution in [0.3, 0.4) is 0 Å². The molecule has 0 aromatic heterocycles. The van der Waals surface area contributed by atoms with Gasteiger partial charge in [0.05, 0.1) is 22.0 Å². The van der Waals surface area contributed by atoms with Crippen LogP contribution in [0.4, 0.5) is 11.4 Å². The van der Waals surface area contributed by atoms with E-state index in [-0.39, 0.29) is 0 Å². The number of benzene rings is 1. The fourth-order valence-electron chi connectivity index (χ4n) is 1.74. The van der Waals surface area contributed by atoms with Gasteiger partial charge in [-0.05, 0) is 12.1 Å². The molecule has 0 unspecified atom stereocenters. The maximum Gasteiger partial charge on any atom is 0.296 e. The van der Waals surface area contributed by atoms with E-state index in [1.807, 2.05) is 11.9 Å².